The maximum absolute atomic E-state index is 13.6. The van der Waals surface area contributed by atoms with Gasteiger partial charge in [-0.25, -0.2) is 0 Å². The van der Waals surface area contributed by atoms with Crippen LogP contribution in [0.25, 0.3) is 0 Å². The van der Waals surface area contributed by atoms with Crippen molar-refractivity contribution < 1.29 is 23.7 Å². The van der Waals surface area contributed by atoms with E-state index in [0.29, 0.717) is 24.2 Å². The van der Waals surface area contributed by atoms with E-state index in [2.05, 4.69) is 24.8 Å². The van der Waals surface area contributed by atoms with Crippen LogP contribution in [0.3, 0.4) is 0 Å². The molecular formula is C33H46O5. The third kappa shape index (κ3) is 5.31. The van der Waals surface area contributed by atoms with Gasteiger partial charge in [-0.1, -0.05) is 30.9 Å². The Balaban J connectivity index is 1.000. The number of hydrogen-bond acceptors (Lipinski definition) is 5. The highest BCUT2D eigenvalue weighted by atomic mass is 16.7. The highest BCUT2D eigenvalue weighted by Gasteiger charge is 2.56. The van der Waals surface area contributed by atoms with E-state index in [1.165, 1.54) is 19.3 Å². The van der Waals surface area contributed by atoms with Gasteiger partial charge >= 0.3 is 0 Å². The molecule has 0 bridgehead atoms. The van der Waals surface area contributed by atoms with Crippen molar-refractivity contribution in [1.29, 1.82) is 0 Å². The zero-order chi connectivity index (χ0) is 26.0. The largest absolute Gasteiger partial charge is 0.376 e. The number of hydrogen-bond donors (Lipinski definition) is 0. The number of ether oxygens (including phenoxy) is 4. The number of unbranched alkanes of at least 4 members (excludes halogenated alkanes) is 2. The fourth-order valence-corrected chi connectivity index (χ4v) is 8.44. The standard InChI is InChI=1S/C33H46O5/c1-32-15-13-27-26-14-16-33(23-35-19-20-38-33)22-25(26)11-12-28(27)29(32)21-24(31(32)34)9-5-3-2-4-7-17-36-30-10-6-8-18-37-30/h13,24,28-30H,2-3,5-6,8-12,14-23H2,1H3. The van der Waals surface area contributed by atoms with Crippen LogP contribution in [0.4, 0.5) is 0 Å². The van der Waals surface area contributed by atoms with E-state index < -0.39 is 0 Å². The fourth-order valence-electron chi connectivity index (χ4n) is 8.44. The Labute approximate surface area is 229 Å². The van der Waals surface area contributed by atoms with Crippen LogP contribution < -0.4 is 0 Å². The van der Waals surface area contributed by atoms with Crippen LogP contribution in [0.5, 0.6) is 0 Å². The Morgan fingerprint density at radius 1 is 1.11 bits per heavy atom. The molecule has 208 valence electrons. The molecule has 1 saturated carbocycles. The predicted octanol–water partition coefficient (Wildman–Crippen LogP) is 6.31. The van der Waals surface area contributed by atoms with Crippen LogP contribution in [-0.2, 0) is 23.7 Å². The molecule has 0 amide bonds. The molecule has 0 aromatic heterocycles. The molecule has 6 unspecified atom stereocenters. The topological polar surface area (TPSA) is 54.0 Å². The van der Waals surface area contributed by atoms with Crippen molar-refractivity contribution >= 4 is 5.78 Å². The van der Waals surface area contributed by atoms with Crippen molar-refractivity contribution in [1.82, 2.24) is 0 Å². The number of rotatable bonds is 6. The smallest absolute Gasteiger partial charge is 0.158 e. The molecule has 3 fully saturated rings. The summed E-state index contributed by atoms with van der Waals surface area (Å²) in [4.78, 5) is 13.6. The lowest BCUT2D eigenvalue weighted by atomic mass is 9.58. The van der Waals surface area contributed by atoms with E-state index in [1.54, 1.807) is 16.7 Å². The molecule has 0 aromatic rings. The highest BCUT2D eigenvalue weighted by Crippen LogP contribution is 2.60. The second-order valence-electron chi connectivity index (χ2n) is 12.9. The van der Waals surface area contributed by atoms with E-state index in [0.717, 1.165) is 97.1 Å². The number of Topliss-reactive ketones (excluding diaryl/α,β-unsaturated/α-hetero) is 1. The zero-order valence-corrected chi connectivity index (χ0v) is 23.4. The minimum absolute atomic E-state index is 0.0615. The summed E-state index contributed by atoms with van der Waals surface area (Å²) in [5.74, 6) is 8.26. The Kier molecular flexibility index (Phi) is 8.15. The van der Waals surface area contributed by atoms with Gasteiger partial charge in [0, 0.05) is 30.8 Å². The Morgan fingerprint density at radius 3 is 2.89 bits per heavy atom. The van der Waals surface area contributed by atoms with Crippen molar-refractivity contribution in [3.63, 3.8) is 0 Å². The molecule has 0 N–H and O–H groups in total. The average molecular weight is 523 g/mol. The zero-order valence-electron chi connectivity index (χ0n) is 23.4. The summed E-state index contributed by atoms with van der Waals surface area (Å²) in [5, 5.41) is 0. The minimum Gasteiger partial charge on any atom is -0.376 e. The lowest BCUT2D eigenvalue weighted by molar-refractivity contribution is -0.162. The van der Waals surface area contributed by atoms with Crippen molar-refractivity contribution in [3.05, 3.63) is 22.8 Å². The Bertz CT molecular complexity index is 1000. The maximum atomic E-state index is 13.6. The van der Waals surface area contributed by atoms with E-state index >= 15 is 0 Å². The molecule has 2 aliphatic heterocycles. The van der Waals surface area contributed by atoms with E-state index in [-0.39, 0.29) is 23.2 Å². The summed E-state index contributed by atoms with van der Waals surface area (Å²) >= 11 is 0. The van der Waals surface area contributed by atoms with Gasteiger partial charge in [0.2, 0.25) is 0 Å². The first-order valence-corrected chi connectivity index (χ1v) is 15.4. The summed E-state index contributed by atoms with van der Waals surface area (Å²) < 4.78 is 23.4. The summed E-state index contributed by atoms with van der Waals surface area (Å²) in [5.41, 5.74) is 4.60. The van der Waals surface area contributed by atoms with E-state index in [9.17, 15) is 4.79 Å². The molecule has 6 rings (SSSR count). The van der Waals surface area contributed by atoms with Gasteiger partial charge in [-0.05, 0) is 93.6 Å². The van der Waals surface area contributed by atoms with Gasteiger partial charge < -0.3 is 18.9 Å². The normalized spacial score (nSPS) is 38.7. The summed E-state index contributed by atoms with van der Waals surface area (Å²) in [7, 11) is 0. The van der Waals surface area contributed by atoms with E-state index in [4.69, 9.17) is 18.9 Å². The molecule has 0 aromatic carbocycles. The number of fused-ring (bicyclic) bond motifs is 4. The SMILES string of the molecule is CC12CC=C3C4=C(CCC3C1CC(CCCCC#CCOC1CCCCO1)C2=O)CC1(CC4)COCCO1. The highest BCUT2D eigenvalue weighted by molar-refractivity contribution is 5.90. The molecule has 4 aliphatic carbocycles. The first-order valence-electron chi connectivity index (χ1n) is 15.4. The predicted molar refractivity (Wildman–Crippen MR) is 146 cm³/mol. The minimum atomic E-state index is -0.161. The van der Waals surface area contributed by atoms with Gasteiger partial charge in [-0.15, -0.1) is 5.92 Å². The van der Waals surface area contributed by atoms with Gasteiger partial charge in [-0.2, -0.15) is 0 Å². The van der Waals surface area contributed by atoms with Crippen LogP contribution in [0, 0.1) is 35.0 Å². The van der Waals surface area contributed by atoms with Gasteiger partial charge in [0.25, 0.3) is 0 Å². The van der Waals surface area contributed by atoms with Crippen LogP contribution >= 0.6 is 0 Å². The lowest BCUT2D eigenvalue weighted by Gasteiger charge is -2.48. The van der Waals surface area contributed by atoms with Crippen molar-refractivity contribution in [2.45, 2.75) is 109 Å². The summed E-state index contributed by atoms with van der Waals surface area (Å²) in [6.07, 6.45) is 17.4. The monoisotopic (exact) mass is 522 g/mol. The third-order valence-corrected chi connectivity index (χ3v) is 10.5. The molecule has 0 radical (unpaired) electrons. The fraction of sp³-hybridized carbons (Fsp3) is 0.788. The second kappa shape index (κ2) is 11.6. The lowest BCUT2D eigenvalue weighted by Crippen LogP contribution is -2.46. The van der Waals surface area contributed by atoms with Crippen molar-refractivity contribution in [2.75, 3.05) is 33.0 Å². The first kappa shape index (κ1) is 26.8. The van der Waals surface area contributed by atoms with Crippen molar-refractivity contribution in [2.24, 2.45) is 23.2 Å². The number of allylic oxidation sites excluding steroid dienone is 3. The second-order valence-corrected chi connectivity index (χ2v) is 12.9. The van der Waals surface area contributed by atoms with Gasteiger partial charge in [0.05, 0.1) is 25.4 Å². The third-order valence-electron chi connectivity index (χ3n) is 10.5. The van der Waals surface area contributed by atoms with Crippen LogP contribution in [0.2, 0.25) is 0 Å². The molecule has 6 atom stereocenters. The number of ketones is 1. The van der Waals surface area contributed by atoms with Gasteiger partial charge in [0.1, 0.15) is 12.4 Å². The van der Waals surface area contributed by atoms with Crippen molar-refractivity contribution in [3.8, 4) is 11.8 Å². The van der Waals surface area contributed by atoms with Crippen LogP contribution in [-0.4, -0.2) is 50.7 Å². The molecular weight excluding hydrogens is 476 g/mol. The van der Waals surface area contributed by atoms with E-state index in [1.807, 2.05) is 0 Å². The molecule has 2 heterocycles. The molecule has 1 spiro atoms. The molecule has 38 heavy (non-hydrogen) atoms. The summed E-state index contributed by atoms with van der Waals surface area (Å²) in [6, 6.07) is 0. The first-order chi connectivity index (χ1) is 18.6. The Hall–Kier alpha value is -1.45. The molecule has 5 heteroatoms. The number of carbonyl (C=O) groups excluding carboxylic acids is 1. The van der Waals surface area contributed by atoms with Gasteiger partial charge in [0.15, 0.2) is 6.29 Å². The quantitative estimate of drug-likeness (QED) is 0.302. The van der Waals surface area contributed by atoms with Gasteiger partial charge in [-0.3, -0.25) is 4.79 Å². The maximum Gasteiger partial charge on any atom is 0.158 e. The molecule has 6 aliphatic rings. The van der Waals surface area contributed by atoms with Crippen LogP contribution in [0.15, 0.2) is 22.8 Å². The average Bonchev–Trinajstić information content (AvgIpc) is 3.20. The molecule has 5 nitrogen and oxygen atoms in total. The Morgan fingerprint density at radius 2 is 2.05 bits per heavy atom. The summed E-state index contributed by atoms with van der Waals surface area (Å²) in [6.45, 7) is 5.76. The molecule has 2 saturated heterocycles. The van der Waals surface area contributed by atoms with Crippen LogP contribution in [0.1, 0.15) is 96.8 Å². The number of carbonyl (C=O) groups is 1.